The summed E-state index contributed by atoms with van der Waals surface area (Å²) in [4.78, 5) is 102. The van der Waals surface area contributed by atoms with Gasteiger partial charge in [-0.1, -0.05) is 62.5 Å². The number of nitrogens with two attached hydrogens (primary N) is 2. The molecule has 100 heavy (non-hydrogen) atoms. The lowest BCUT2D eigenvalue weighted by molar-refractivity contribution is -0.172. The summed E-state index contributed by atoms with van der Waals surface area (Å²) in [5.74, 6) is 5.22. The van der Waals surface area contributed by atoms with Crippen LogP contribution in [0.25, 0.3) is 39.1 Å². The number of fused-ring (bicyclic) bond motifs is 2. The lowest BCUT2D eigenvalue weighted by atomic mass is 9.89. The molecule has 13 N–H and O–H groups in total. The highest BCUT2D eigenvalue weighted by Gasteiger charge is 2.47. The van der Waals surface area contributed by atoms with Crippen molar-refractivity contribution >= 4 is 127 Å². The number of carbonyl (C=O) groups is 3. The second-order valence-corrected chi connectivity index (χ2v) is 31.8. The van der Waals surface area contributed by atoms with Gasteiger partial charge in [0.2, 0.25) is 0 Å². The average molecular weight is 1580 g/mol. The molecule has 2 amide bonds. The Morgan fingerprint density at radius 1 is 0.840 bits per heavy atom. The Kier molecular flexibility index (Phi) is 36.2. The van der Waals surface area contributed by atoms with Gasteiger partial charge in [0.1, 0.15) is 35.2 Å². The lowest BCUT2D eigenvalue weighted by Gasteiger charge is -2.22. The minimum absolute atomic E-state index is 0.0662. The van der Waals surface area contributed by atoms with E-state index >= 15 is 0 Å². The number of anilines is 1. The molecule has 0 saturated carbocycles. The third-order valence-electron chi connectivity index (χ3n) is 12.6. The maximum atomic E-state index is 12.9. The highest BCUT2D eigenvalue weighted by atomic mass is 33.1. The number of unbranched alkanes of at least 4 members (excludes halogenated alkanes) is 1. The molecule has 3 aliphatic rings. The molecular formula is C54H71N7O30P3S6+. The molecule has 4 unspecified atom stereocenters. The molecule has 2 aromatic carbocycles. The van der Waals surface area contributed by atoms with Crippen LogP contribution in [0.5, 0.6) is 0 Å². The Labute approximate surface area is 587 Å². The highest BCUT2D eigenvalue weighted by molar-refractivity contribution is 8.77. The zero-order chi connectivity index (χ0) is 74.4. The van der Waals surface area contributed by atoms with Gasteiger partial charge < -0.3 is 83.9 Å². The van der Waals surface area contributed by atoms with Gasteiger partial charge in [-0.3, -0.25) is 24.3 Å². The number of phosphoric acid groups is 3. The van der Waals surface area contributed by atoms with Crippen molar-refractivity contribution in [3.63, 3.8) is 0 Å². The number of phosphoric ester groups is 1. The van der Waals surface area contributed by atoms with Gasteiger partial charge in [-0.2, -0.15) is 8.62 Å². The number of rotatable bonds is 37. The summed E-state index contributed by atoms with van der Waals surface area (Å²) in [6.07, 6.45) is -3.61. The Morgan fingerprint density at radius 3 is 2.15 bits per heavy atom. The van der Waals surface area contributed by atoms with Gasteiger partial charge in [-0.25, -0.2) is 32.9 Å². The maximum absolute atomic E-state index is 12.9. The van der Waals surface area contributed by atoms with E-state index in [1.807, 2.05) is 18.8 Å². The van der Waals surface area contributed by atoms with Crippen molar-refractivity contribution < 1.29 is 134 Å². The number of aromatic nitrogens is 2. The monoisotopic (exact) mass is 1580 g/mol. The average Bonchev–Trinajstić information content (AvgIpc) is 0.851. The number of aromatic carboxylic acids is 1. The molecule has 1 fully saturated rings. The summed E-state index contributed by atoms with van der Waals surface area (Å²) >= 11 is 5.26. The third-order valence-corrected chi connectivity index (χ3v) is 21.5. The second kappa shape index (κ2) is 42.1. The van der Waals surface area contributed by atoms with Crippen molar-refractivity contribution in [1.82, 2.24) is 25.5 Å². The van der Waals surface area contributed by atoms with Crippen LogP contribution in [-0.4, -0.2) is 178 Å². The first kappa shape index (κ1) is 85.8. The zero-order valence-electron chi connectivity index (χ0n) is 53.1. The van der Waals surface area contributed by atoms with Crippen LogP contribution in [0.1, 0.15) is 74.2 Å². The minimum atomic E-state index is -5.89. The molecular weight excluding hydrogens is 1510 g/mol. The summed E-state index contributed by atoms with van der Waals surface area (Å²) in [6.45, 7) is 12.2. The number of carboxylic acid groups (broad SMARTS) is 1. The fourth-order valence-corrected chi connectivity index (χ4v) is 14.3. The number of hydrogen-bond donors (Lipinski definition) is 11. The third kappa shape index (κ3) is 32.2. The summed E-state index contributed by atoms with van der Waals surface area (Å²) in [7, 11) is -21.2. The Balaban J connectivity index is 0.00000251. The normalized spacial score (nSPS) is 15.8. The number of hydrogen-bond acceptors (Lipinski definition) is 30. The molecule has 3 heterocycles. The van der Waals surface area contributed by atoms with Crippen molar-refractivity contribution in [2.45, 2.75) is 69.8 Å². The highest BCUT2D eigenvalue weighted by Crippen LogP contribution is 2.67. The van der Waals surface area contributed by atoms with Gasteiger partial charge in [0, 0.05) is 77.1 Å². The molecule has 0 bridgehead atoms. The van der Waals surface area contributed by atoms with E-state index in [1.54, 1.807) is 72.3 Å². The molecule has 1 aromatic heterocycles. The number of alkyl carbamates (subject to hydrolysis) is 2. The number of carbonyl (C=O) groups excluding carboxylic acids is 2. The van der Waals surface area contributed by atoms with Crippen LogP contribution in [0.3, 0.4) is 0 Å². The van der Waals surface area contributed by atoms with Crippen LogP contribution in [0.15, 0.2) is 81.4 Å². The lowest BCUT2D eigenvalue weighted by Crippen LogP contribution is -2.44. The number of H-pyrrole nitrogens is 1. The number of ether oxygens (including phenoxy) is 7. The van der Waals surface area contributed by atoms with Crippen LogP contribution in [0.2, 0.25) is 0 Å². The van der Waals surface area contributed by atoms with Crippen LogP contribution >= 0.6 is 45.1 Å². The standard InChI is InChI=1S/C54H70N7O24P3S4.2O3S/c1-5-92(89)33-80-45-30-46(82-50(45)83-87(71,72)85-88(73,74)84-86(68,69)70)61-31-36(48(62)60-51(61)65)9-8-17-58-52(66)78-21-7-6-20-77-32-90-91-54(3,4)16-22-79-53(67)59-19-24-76-26-25-75-23-18-57-34(2)35-10-13-39(49(63)64)42(27-35)47-40-14-11-37(55)28-43(40)81-44-29-38(56)12-15-41(44)47;2*1-4(2)3/h10-15,27-29,31,45-46,50,55,57H,2,5-7,16-26,30,32-33,56H2,1,3-4H3,(H,58,66)(H,59,67)(H,63,64)(H,71,72)(H,73,74)(H,60,62,65)(H2,68,69,70);;/p+1/t45?,46-,50-,92?;;/m1../s1. The van der Waals surface area contributed by atoms with Gasteiger partial charge in [0.05, 0.1) is 63.8 Å². The van der Waals surface area contributed by atoms with E-state index in [0.29, 0.717) is 113 Å². The van der Waals surface area contributed by atoms with Crippen LogP contribution in [0.4, 0.5) is 15.3 Å². The van der Waals surface area contributed by atoms with Crippen molar-refractivity contribution in [3.8, 4) is 34.3 Å². The van der Waals surface area contributed by atoms with Gasteiger partial charge in [-0.05, 0) is 91.5 Å². The molecule has 0 spiro atoms. The number of nitrogens with one attached hydrogen (secondary N) is 4. The van der Waals surface area contributed by atoms with E-state index in [-0.39, 0.29) is 67.8 Å². The van der Waals surface area contributed by atoms with Gasteiger partial charge in [0.15, 0.2) is 11.6 Å². The number of amides is 2. The molecule has 6 atom stereocenters. The van der Waals surface area contributed by atoms with Crippen molar-refractivity contribution in [2.24, 2.45) is 0 Å². The smallest absolute Gasteiger partial charge is 0.478 e. The van der Waals surface area contributed by atoms with Gasteiger partial charge >= 0.3 is 68.5 Å². The fourth-order valence-electron chi connectivity index (χ4n) is 8.29. The van der Waals surface area contributed by atoms with Crippen LogP contribution in [0, 0.1) is 11.8 Å². The van der Waals surface area contributed by atoms with E-state index in [2.05, 4.69) is 43.0 Å². The van der Waals surface area contributed by atoms with Crippen LogP contribution in [-0.2, 0) is 102 Å². The van der Waals surface area contributed by atoms with Gasteiger partial charge in [0.25, 0.3) is 5.56 Å². The minimum Gasteiger partial charge on any atom is -0.478 e. The maximum Gasteiger partial charge on any atom is 0.490 e. The molecule has 0 radical (unpaired) electrons. The Bertz CT molecular complexity index is 4260. The number of benzene rings is 3. The summed E-state index contributed by atoms with van der Waals surface area (Å²) in [5, 5.41) is 25.7. The van der Waals surface area contributed by atoms with E-state index in [9.17, 15) is 52.6 Å². The number of carboxylic acids is 1. The molecule has 37 nitrogen and oxygen atoms in total. The molecule has 6 rings (SSSR count). The number of nitrogen functional groups attached to an aromatic ring is 1. The van der Waals surface area contributed by atoms with E-state index in [0.717, 1.165) is 10.8 Å². The first-order chi connectivity index (χ1) is 47.0. The summed E-state index contributed by atoms with van der Waals surface area (Å²) < 4.78 is 144. The number of nitrogens with zero attached hydrogens (tertiary/aromatic N) is 1. The van der Waals surface area contributed by atoms with E-state index in [4.69, 9.17) is 99.5 Å². The number of aromatic amines is 1. The largest absolute Gasteiger partial charge is 0.490 e. The van der Waals surface area contributed by atoms with Gasteiger partial charge in [-0.15, -0.1) is 25.3 Å². The van der Waals surface area contributed by atoms with E-state index in [1.165, 1.54) is 10.8 Å². The molecule has 1 saturated heterocycles. The Hall–Kier alpha value is -6.56. The van der Waals surface area contributed by atoms with E-state index < -0.39 is 102 Å². The topological polar surface area (TPSA) is 554 Å². The summed E-state index contributed by atoms with van der Waals surface area (Å²) in [6, 6.07) is 15.4. The molecule has 1 aliphatic carbocycles. The first-order valence-electron chi connectivity index (χ1n) is 28.8. The predicted octanol–water partition coefficient (Wildman–Crippen LogP) is 2.42. The Morgan fingerprint density at radius 2 is 1.49 bits per heavy atom. The van der Waals surface area contributed by atoms with Crippen molar-refractivity contribution in [3.05, 3.63) is 110 Å². The van der Waals surface area contributed by atoms with Crippen LogP contribution < -0.4 is 43.7 Å². The van der Waals surface area contributed by atoms with Crippen molar-refractivity contribution in [2.75, 3.05) is 89.2 Å². The zero-order valence-corrected chi connectivity index (χ0v) is 60.7. The first-order valence-corrected chi connectivity index (χ1v) is 40.1. The fraction of sp³-hybridized carbons (Fsp3) is 0.444. The molecule has 3 aromatic rings. The summed E-state index contributed by atoms with van der Waals surface area (Å²) in [5.41, 5.74) is 7.95. The predicted molar refractivity (Wildman–Crippen MR) is 362 cm³/mol. The molecule has 46 heteroatoms. The second-order valence-electron chi connectivity index (χ2n) is 20.5. The molecule has 552 valence electrons. The SMILES string of the molecule is C=C(NCCOCCOCCNC(=O)OCCC(C)(C)SSCOCCCCOC(=O)NCC#Cc1cn([C@H]2CC(OCS(=S)CC)[C@@H](OP(=O)(O)OP(=O)(O)OP(=O)(O)O)O2)c(=O)[nH]c1=O)c1ccc(C(=O)O)c(-c2c3ccc(=[NH2+])cc-3oc3cc(N)ccc23)c1.O=S(=O)=O.O=S(=O)=O. The molecule has 2 aliphatic heterocycles. The van der Waals surface area contributed by atoms with Crippen molar-refractivity contribution in [1.29, 1.82) is 0 Å². The quantitative estimate of drug-likeness (QED) is 0.00517.